The number of aromatic nitrogens is 2. The lowest BCUT2D eigenvalue weighted by molar-refractivity contribution is 0.384. The van der Waals surface area contributed by atoms with E-state index in [-0.39, 0.29) is 21.8 Å². The highest BCUT2D eigenvalue weighted by atomic mass is 35.5. The van der Waals surface area contributed by atoms with Crippen LogP contribution in [0.4, 0.5) is 0 Å². The average molecular weight is 330 g/mol. The first-order valence-corrected chi connectivity index (χ1v) is 7.41. The average Bonchev–Trinajstić information content (AvgIpc) is 2.41. The predicted octanol–water partition coefficient (Wildman–Crippen LogP) is 2.85. The molecule has 1 aromatic carbocycles. The Kier molecular flexibility index (Phi) is 4.77. The fourth-order valence-electron chi connectivity index (χ4n) is 1.52. The molecular formula is C12H11ClN2O5P+. The second-order valence-electron chi connectivity index (χ2n) is 3.94. The lowest BCUT2D eigenvalue weighted by atomic mass is 10.3. The molecule has 0 fully saturated rings. The number of hydrogen-bond donors (Lipinski definition) is 2. The normalized spacial score (nSPS) is 11.8. The van der Waals surface area contributed by atoms with E-state index in [4.69, 9.17) is 20.6 Å². The van der Waals surface area contributed by atoms with E-state index in [9.17, 15) is 14.2 Å². The zero-order chi connectivity index (χ0) is 15.4. The highest BCUT2D eigenvalue weighted by molar-refractivity contribution is 7.33. The van der Waals surface area contributed by atoms with Crippen LogP contribution in [0.2, 0.25) is 5.02 Å². The number of H-pyrrole nitrogens is 2. The van der Waals surface area contributed by atoms with Gasteiger partial charge in [-0.05, 0) is 18.6 Å². The summed E-state index contributed by atoms with van der Waals surface area (Å²) >= 11 is 5.88. The Bertz CT molecular complexity index is 826. The fourth-order valence-corrected chi connectivity index (χ4v) is 2.26. The summed E-state index contributed by atoms with van der Waals surface area (Å²) in [5, 5.41) is 0.243. The lowest BCUT2D eigenvalue weighted by Gasteiger charge is -2.01. The van der Waals surface area contributed by atoms with E-state index in [1.165, 1.54) is 18.4 Å². The maximum Gasteiger partial charge on any atom is 0.804 e. The number of rotatable bonds is 5. The molecule has 2 N–H and O–H groups in total. The van der Waals surface area contributed by atoms with Gasteiger partial charge in [0, 0.05) is 15.7 Å². The van der Waals surface area contributed by atoms with E-state index >= 15 is 0 Å². The Morgan fingerprint density at radius 2 is 2.00 bits per heavy atom. The molecule has 0 aliphatic rings. The van der Waals surface area contributed by atoms with Crippen LogP contribution in [0.15, 0.2) is 34.1 Å². The molecule has 0 aliphatic carbocycles. The molecule has 1 unspecified atom stereocenters. The summed E-state index contributed by atoms with van der Waals surface area (Å²) < 4.78 is 21.6. The standard InChI is InChI=1S/C12H10ClN2O5P/c1-2-3-4-19-21(18)20-9-6-7(13)5-8-10(9)15-12(17)11(16)14-8/h3-6H,2H2,1H3,(H-,14,15,16,17)/p+1. The smallest absolute Gasteiger partial charge is 0.316 e. The minimum atomic E-state index is -2.48. The topological polar surface area (TPSA) is 101 Å². The minimum absolute atomic E-state index is 0.0388. The first-order chi connectivity index (χ1) is 10.0. The van der Waals surface area contributed by atoms with Crippen molar-refractivity contribution in [2.24, 2.45) is 0 Å². The van der Waals surface area contributed by atoms with Gasteiger partial charge in [-0.1, -0.05) is 18.5 Å². The predicted molar refractivity (Wildman–Crippen MR) is 78.9 cm³/mol. The van der Waals surface area contributed by atoms with Gasteiger partial charge in [-0.15, -0.1) is 0 Å². The highest BCUT2D eigenvalue weighted by Gasteiger charge is 2.24. The highest BCUT2D eigenvalue weighted by Crippen LogP contribution is 2.34. The van der Waals surface area contributed by atoms with E-state index in [0.717, 1.165) is 6.42 Å². The Labute approximate surface area is 124 Å². The summed E-state index contributed by atoms with van der Waals surface area (Å²) in [6.07, 6.45) is 3.64. The number of benzene rings is 1. The summed E-state index contributed by atoms with van der Waals surface area (Å²) in [5.74, 6) is 0.0388. The minimum Gasteiger partial charge on any atom is -0.316 e. The van der Waals surface area contributed by atoms with E-state index in [0.29, 0.717) is 0 Å². The van der Waals surface area contributed by atoms with Gasteiger partial charge in [-0.25, -0.2) is 9.05 Å². The molecule has 0 saturated carbocycles. The lowest BCUT2D eigenvalue weighted by Crippen LogP contribution is -2.29. The van der Waals surface area contributed by atoms with Crippen LogP contribution in [-0.4, -0.2) is 9.97 Å². The third-order valence-electron chi connectivity index (χ3n) is 2.41. The van der Waals surface area contributed by atoms with Crippen LogP contribution in [0.1, 0.15) is 13.3 Å². The molecule has 0 bridgehead atoms. The van der Waals surface area contributed by atoms with Gasteiger partial charge in [0.15, 0.2) is 6.26 Å². The second kappa shape index (κ2) is 6.56. The molecule has 0 aliphatic heterocycles. The van der Waals surface area contributed by atoms with E-state index < -0.39 is 19.4 Å². The first-order valence-electron chi connectivity index (χ1n) is 5.94. The van der Waals surface area contributed by atoms with Crippen molar-refractivity contribution in [1.82, 2.24) is 9.97 Å². The Hall–Kier alpha value is -2.11. The van der Waals surface area contributed by atoms with Crippen LogP contribution in [0.25, 0.3) is 11.0 Å². The van der Waals surface area contributed by atoms with Gasteiger partial charge >= 0.3 is 19.4 Å². The Morgan fingerprint density at radius 3 is 2.71 bits per heavy atom. The van der Waals surface area contributed by atoms with Gasteiger partial charge in [0.25, 0.3) is 0 Å². The Morgan fingerprint density at radius 1 is 1.29 bits per heavy atom. The molecule has 1 heterocycles. The van der Waals surface area contributed by atoms with Gasteiger partial charge in [-0.2, -0.15) is 0 Å². The van der Waals surface area contributed by atoms with Crippen molar-refractivity contribution >= 4 is 30.9 Å². The summed E-state index contributed by atoms with van der Waals surface area (Å²) in [7, 11) is -2.48. The summed E-state index contributed by atoms with van der Waals surface area (Å²) in [5.41, 5.74) is -1.23. The molecule has 2 aromatic rings. The molecule has 7 nitrogen and oxygen atoms in total. The molecule has 1 aromatic heterocycles. The molecule has 0 spiro atoms. The van der Waals surface area contributed by atoms with Gasteiger partial charge < -0.3 is 9.97 Å². The van der Waals surface area contributed by atoms with Crippen molar-refractivity contribution in [3.8, 4) is 5.75 Å². The van der Waals surface area contributed by atoms with Gasteiger partial charge in [0.05, 0.1) is 5.52 Å². The van der Waals surface area contributed by atoms with Crippen molar-refractivity contribution in [2.45, 2.75) is 13.3 Å². The largest absolute Gasteiger partial charge is 0.804 e. The molecular weight excluding hydrogens is 319 g/mol. The quantitative estimate of drug-likeness (QED) is 0.499. The third-order valence-corrected chi connectivity index (χ3v) is 3.27. The zero-order valence-corrected chi connectivity index (χ0v) is 12.5. The molecule has 0 amide bonds. The van der Waals surface area contributed by atoms with Crippen LogP contribution < -0.4 is 15.6 Å². The maximum absolute atomic E-state index is 11.6. The number of hydrogen-bond acceptors (Lipinski definition) is 5. The number of fused-ring (bicyclic) bond motifs is 1. The van der Waals surface area contributed by atoms with Crippen LogP contribution in [0.5, 0.6) is 5.75 Å². The van der Waals surface area contributed by atoms with Crippen LogP contribution in [0.3, 0.4) is 0 Å². The molecule has 2 rings (SSSR count). The molecule has 9 heteroatoms. The van der Waals surface area contributed by atoms with Crippen molar-refractivity contribution in [3.05, 3.63) is 50.2 Å². The summed E-state index contributed by atoms with van der Waals surface area (Å²) in [6, 6.07) is 2.80. The van der Waals surface area contributed by atoms with E-state index in [2.05, 4.69) is 9.97 Å². The van der Waals surface area contributed by atoms with Crippen molar-refractivity contribution in [2.75, 3.05) is 0 Å². The Balaban J connectivity index is 2.41. The van der Waals surface area contributed by atoms with Crippen LogP contribution in [-0.2, 0) is 9.09 Å². The van der Waals surface area contributed by atoms with E-state index in [1.54, 1.807) is 6.08 Å². The van der Waals surface area contributed by atoms with Gasteiger partial charge in [0.1, 0.15) is 5.52 Å². The monoisotopic (exact) mass is 329 g/mol. The molecule has 0 radical (unpaired) electrons. The molecule has 0 saturated heterocycles. The van der Waals surface area contributed by atoms with Crippen molar-refractivity contribution in [3.63, 3.8) is 0 Å². The fraction of sp³-hybridized carbons (Fsp3) is 0.167. The van der Waals surface area contributed by atoms with Crippen LogP contribution >= 0.6 is 19.9 Å². The number of nitrogens with one attached hydrogen (secondary N) is 2. The van der Waals surface area contributed by atoms with Gasteiger partial charge in [0.2, 0.25) is 5.75 Å². The SMILES string of the molecule is CCC=CO[P+](=O)Oc1cc(Cl)cc2[nH]c(=O)c(=O)[nH]c12. The number of allylic oxidation sites excluding steroid dienone is 1. The number of aromatic amines is 2. The third kappa shape index (κ3) is 3.71. The maximum atomic E-state index is 11.6. The number of halogens is 1. The zero-order valence-electron chi connectivity index (χ0n) is 10.9. The van der Waals surface area contributed by atoms with Crippen molar-refractivity contribution in [1.29, 1.82) is 0 Å². The van der Waals surface area contributed by atoms with Crippen LogP contribution in [0, 0.1) is 0 Å². The van der Waals surface area contributed by atoms with Crippen molar-refractivity contribution < 1.29 is 13.6 Å². The second-order valence-corrected chi connectivity index (χ2v) is 5.21. The van der Waals surface area contributed by atoms with Gasteiger partial charge in [-0.3, -0.25) is 9.59 Å². The first kappa shape index (κ1) is 15.3. The summed E-state index contributed by atoms with van der Waals surface area (Å²) in [6.45, 7) is 1.89. The molecule has 1 atom stereocenters. The molecule has 21 heavy (non-hydrogen) atoms. The van der Waals surface area contributed by atoms with E-state index in [1.807, 2.05) is 6.92 Å². The summed E-state index contributed by atoms with van der Waals surface area (Å²) in [4.78, 5) is 27.3. The molecule has 110 valence electrons.